The molecule has 1 aromatic heterocycles. The molecule has 0 spiro atoms. The summed E-state index contributed by atoms with van der Waals surface area (Å²) in [7, 11) is 3.71. The predicted molar refractivity (Wildman–Crippen MR) is 123 cm³/mol. The zero-order chi connectivity index (χ0) is 23.6. The van der Waals surface area contributed by atoms with E-state index < -0.39 is 11.7 Å². The van der Waals surface area contributed by atoms with Gasteiger partial charge in [0, 0.05) is 26.2 Å². The SMILES string of the molecule is Cc1ccc(F)cc1C(=O)NCc1ccc(-n2nc(C(C)C)c(N(C)C)c2C(N)=O)cc1. The van der Waals surface area contributed by atoms with E-state index in [-0.39, 0.29) is 18.4 Å². The van der Waals surface area contributed by atoms with Gasteiger partial charge < -0.3 is 16.0 Å². The van der Waals surface area contributed by atoms with E-state index in [0.29, 0.717) is 28.2 Å². The number of nitrogens with zero attached hydrogens (tertiary/aromatic N) is 3. The highest BCUT2D eigenvalue weighted by molar-refractivity contribution is 5.98. The number of benzene rings is 2. The predicted octanol–water partition coefficient (Wildman–Crippen LogP) is 3.54. The van der Waals surface area contributed by atoms with E-state index in [1.807, 2.05) is 57.1 Å². The zero-order valence-electron chi connectivity index (χ0n) is 18.9. The topological polar surface area (TPSA) is 93.2 Å². The lowest BCUT2D eigenvalue weighted by Gasteiger charge is -2.15. The molecule has 0 bridgehead atoms. The third-order valence-corrected chi connectivity index (χ3v) is 5.19. The van der Waals surface area contributed by atoms with Crippen LogP contribution < -0.4 is 16.0 Å². The van der Waals surface area contributed by atoms with Gasteiger partial charge in [0.25, 0.3) is 11.8 Å². The minimum atomic E-state index is -0.560. The van der Waals surface area contributed by atoms with Gasteiger partial charge in [-0.25, -0.2) is 9.07 Å². The zero-order valence-corrected chi connectivity index (χ0v) is 18.9. The number of carbonyl (C=O) groups excluding carboxylic acids is 2. The minimum Gasteiger partial charge on any atom is -0.374 e. The maximum atomic E-state index is 13.5. The van der Waals surface area contributed by atoms with E-state index in [1.54, 1.807) is 17.7 Å². The Morgan fingerprint density at radius 3 is 2.38 bits per heavy atom. The number of aryl methyl sites for hydroxylation is 1. The van der Waals surface area contributed by atoms with Crippen molar-refractivity contribution in [1.82, 2.24) is 15.1 Å². The number of anilines is 1. The Bertz CT molecular complexity index is 1150. The molecule has 0 fully saturated rings. The molecule has 1 heterocycles. The molecule has 0 aliphatic rings. The van der Waals surface area contributed by atoms with Gasteiger partial charge in [0.2, 0.25) is 0 Å². The van der Waals surface area contributed by atoms with Crippen molar-refractivity contribution in [1.29, 1.82) is 0 Å². The van der Waals surface area contributed by atoms with Crippen molar-refractivity contribution >= 4 is 17.5 Å². The molecule has 0 aliphatic carbocycles. The fourth-order valence-corrected chi connectivity index (χ4v) is 3.54. The van der Waals surface area contributed by atoms with Crippen LogP contribution in [0, 0.1) is 12.7 Å². The number of nitrogens with two attached hydrogens (primary N) is 1. The summed E-state index contributed by atoms with van der Waals surface area (Å²) in [6.07, 6.45) is 0. The summed E-state index contributed by atoms with van der Waals surface area (Å²) in [4.78, 5) is 26.5. The van der Waals surface area contributed by atoms with Crippen LogP contribution in [0.3, 0.4) is 0 Å². The quantitative estimate of drug-likeness (QED) is 0.591. The normalized spacial score (nSPS) is 11.0. The number of aromatic nitrogens is 2. The number of amides is 2. The summed E-state index contributed by atoms with van der Waals surface area (Å²) in [5.41, 5.74) is 10.0. The molecule has 0 unspecified atom stereocenters. The average molecular weight is 438 g/mol. The van der Waals surface area contributed by atoms with Crippen molar-refractivity contribution in [2.24, 2.45) is 5.73 Å². The minimum absolute atomic E-state index is 0.104. The van der Waals surface area contributed by atoms with Crippen LogP contribution in [0.4, 0.5) is 10.1 Å². The first-order valence-electron chi connectivity index (χ1n) is 10.3. The highest BCUT2D eigenvalue weighted by atomic mass is 19.1. The van der Waals surface area contributed by atoms with E-state index in [0.717, 1.165) is 11.3 Å². The molecule has 0 saturated heterocycles. The molecule has 3 rings (SSSR count). The first-order valence-corrected chi connectivity index (χ1v) is 10.3. The fraction of sp³-hybridized carbons (Fsp3) is 0.292. The van der Waals surface area contributed by atoms with Crippen LogP contribution in [0.2, 0.25) is 0 Å². The van der Waals surface area contributed by atoms with Gasteiger partial charge in [-0.15, -0.1) is 0 Å². The van der Waals surface area contributed by atoms with E-state index in [2.05, 4.69) is 10.4 Å². The summed E-state index contributed by atoms with van der Waals surface area (Å²) in [6.45, 7) is 6.06. The Morgan fingerprint density at radius 1 is 1.16 bits per heavy atom. The van der Waals surface area contributed by atoms with Crippen molar-refractivity contribution in [3.8, 4) is 5.69 Å². The molecular formula is C24H28FN5O2. The summed E-state index contributed by atoms with van der Waals surface area (Å²) in [5, 5.41) is 7.46. The number of hydrogen-bond donors (Lipinski definition) is 2. The largest absolute Gasteiger partial charge is 0.374 e. The number of hydrogen-bond acceptors (Lipinski definition) is 4. The lowest BCUT2D eigenvalue weighted by Crippen LogP contribution is -2.24. The number of halogens is 1. The van der Waals surface area contributed by atoms with Gasteiger partial charge in [-0.05, 0) is 48.2 Å². The van der Waals surface area contributed by atoms with Crippen LogP contribution in [0.25, 0.3) is 5.69 Å². The number of carbonyl (C=O) groups is 2. The maximum absolute atomic E-state index is 13.5. The van der Waals surface area contributed by atoms with Crippen molar-refractivity contribution < 1.29 is 14.0 Å². The first-order chi connectivity index (χ1) is 15.1. The molecular weight excluding hydrogens is 409 g/mol. The van der Waals surface area contributed by atoms with Crippen LogP contribution >= 0.6 is 0 Å². The van der Waals surface area contributed by atoms with Gasteiger partial charge in [-0.1, -0.05) is 32.0 Å². The average Bonchev–Trinajstić information content (AvgIpc) is 3.16. The van der Waals surface area contributed by atoms with Crippen LogP contribution in [0.15, 0.2) is 42.5 Å². The molecule has 3 N–H and O–H groups in total. The lowest BCUT2D eigenvalue weighted by molar-refractivity contribution is 0.0948. The van der Waals surface area contributed by atoms with Crippen LogP contribution in [-0.4, -0.2) is 35.7 Å². The van der Waals surface area contributed by atoms with Gasteiger partial charge in [-0.3, -0.25) is 9.59 Å². The second-order valence-electron chi connectivity index (χ2n) is 8.22. The van der Waals surface area contributed by atoms with E-state index >= 15 is 0 Å². The summed E-state index contributed by atoms with van der Waals surface area (Å²) in [5.74, 6) is -1.25. The van der Waals surface area contributed by atoms with Gasteiger partial charge in [0.05, 0.1) is 17.1 Å². The molecule has 32 heavy (non-hydrogen) atoms. The molecule has 2 amide bonds. The van der Waals surface area contributed by atoms with E-state index in [9.17, 15) is 14.0 Å². The third-order valence-electron chi connectivity index (χ3n) is 5.19. The van der Waals surface area contributed by atoms with E-state index in [4.69, 9.17) is 5.73 Å². The lowest BCUT2D eigenvalue weighted by atomic mass is 10.1. The van der Waals surface area contributed by atoms with E-state index in [1.165, 1.54) is 12.1 Å². The second kappa shape index (κ2) is 9.21. The molecule has 0 atom stereocenters. The standard InChI is InChI=1S/C24H28FN5O2/c1-14(2)20-21(29(4)5)22(23(26)31)30(28-20)18-10-7-16(8-11-18)13-27-24(32)19-12-17(25)9-6-15(19)3/h6-12,14H,13H2,1-5H3,(H2,26,31)(H,27,32). The van der Waals surface area contributed by atoms with Crippen LogP contribution in [-0.2, 0) is 6.54 Å². The molecule has 2 aromatic carbocycles. The molecule has 0 saturated carbocycles. The Balaban J connectivity index is 1.84. The number of primary amides is 1. The van der Waals surface area contributed by atoms with Gasteiger partial charge in [0.15, 0.2) is 5.69 Å². The summed E-state index contributed by atoms with van der Waals surface area (Å²) in [6, 6.07) is 11.4. The van der Waals surface area contributed by atoms with Crippen molar-refractivity contribution in [2.45, 2.75) is 33.2 Å². The summed E-state index contributed by atoms with van der Waals surface area (Å²) >= 11 is 0. The van der Waals surface area contributed by atoms with Gasteiger partial charge in [0.1, 0.15) is 5.82 Å². The molecule has 8 heteroatoms. The van der Waals surface area contributed by atoms with Gasteiger partial charge in [-0.2, -0.15) is 5.10 Å². The Labute approximate surface area is 187 Å². The first kappa shape index (κ1) is 23.0. The van der Waals surface area contributed by atoms with Crippen LogP contribution in [0.1, 0.15) is 57.4 Å². The van der Waals surface area contributed by atoms with Crippen molar-refractivity contribution in [3.63, 3.8) is 0 Å². The fourth-order valence-electron chi connectivity index (χ4n) is 3.54. The molecule has 7 nitrogen and oxygen atoms in total. The van der Waals surface area contributed by atoms with Crippen molar-refractivity contribution in [3.05, 3.63) is 76.4 Å². The molecule has 0 radical (unpaired) electrons. The number of rotatable bonds is 7. The number of nitrogens with one attached hydrogen (secondary N) is 1. The molecule has 168 valence electrons. The molecule has 3 aromatic rings. The summed E-state index contributed by atoms with van der Waals surface area (Å²) < 4.78 is 15.0. The molecule has 0 aliphatic heterocycles. The maximum Gasteiger partial charge on any atom is 0.269 e. The highest BCUT2D eigenvalue weighted by Gasteiger charge is 2.25. The third kappa shape index (κ3) is 4.64. The Kier molecular flexibility index (Phi) is 6.62. The smallest absolute Gasteiger partial charge is 0.269 e. The highest BCUT2D eigenvalue weighted by Crippen LogP contribution is 2.31. The Hall–Kier alpha value is -3.68. The Morgan fingerprint density at radius 2 is 1.81 bits per heavy atom. The van der Waals surface area contributed by atoms with Crippen molar-refractivity contribution in [2.75, 3.05) is 19.0 Å². The monoisotopic (exact) mass is 437 g/mol. The van der Waals surface area contributed by atoms with Crippen LogP contribution in [0.5, 0.6) is 0 Å². The van der Waals surface area contributed by atoms with Gasteiger partial charge >= 0.3 is 0 Å². The second-order valence-corrected chi connectivity index (χ2v) is 8.22.